The minimum atomic E-state index is -0.233. The second kappa shape index (κ2) is 7.27. The van der Waals surface area contributed by atoms with E-state index in [2.05, 4.69) is 37.7 Å². The molecule has 1 aliphatic heterocycles. The first-order valence-corrected chi connectivity index (χ1v) is 8.70. The average molecular weight is 343 g/mol. The van der Waals surface area contributed by atoms with Gasteiger partial charge in [0.15, 0.2) is 0 Å². The summed E-state index contributed by atoms with van der Waals surface area (Å²) in [7, 11) is 0. The molecule has 3 rings (SSSR count). The molecular formula is C19H25N3O3. The SMILES string of the molecule is CC(C)N(CC(=O)N1N=C(c2ccco2)C[C@H]1c1ccco1)C(C)C. The van der Waals surface area contributed by atoms with Gasteiger partial charge in [0.2, 0.25) is 0 Å². The topological polar surface area (TPSA) is 62.2 Å². The molecule has 0 saturated heterocycles. The molecule has 0 bridgehead atoms. The van der Waals surface area contributed by atoms with Gasteiger partial charge in [-0.2, -0.15) is 5.10 Å². The van der Waals surface area contributed by atoms with Crippen molar-refractivity contribution in [2.45, 2.75) is 52.2 Å². The Balaban J connectivity index is 1.85. The molecule has 0 aliphatic carbocycles. The minimum absolute atomic E-state index is 0.0367. The standard InChI is InChI=1S/C19H25N3O3/c1-13(2)21(14(3)4)12-19(23)22-16(18-8-6-10-25-18)11-15(20-22)17-7-5-9-24-17/h5-10,13-14,16H,11-12H2,1-4H3/t16-/m0/s1. The van der Waals surface area contributed by atoms with Gasteiger partial charge in [0.05, 0.1) is 19.1 Å². The fourth-order valence-corrected chi connectivity index (χ4v) is 3.22. The van der Waals surface area contributed by atoms with Crippen LogP contribution in [0.1, 0.15) is 51.7 Å². The lowest BCUT2D eigenvalue weighted by molar-refractivity contribution is -0.135. The van der Waals surface area contributed by atoms with Crippen molar-refractivity contribution in [3.05, 3.63) is 48.3 Å². The zero-order valence-corrected chi connectivity index (χ0v) is 15.2. The summed E-state index contributed by atoms with van der Waals surface area (Å²) in [4.78, 5) is 15.1. The van der Waals surface area contributed by atoms with Crippen molar-refractivity contribution in [1.29, 1.82) is 0 Å². The smallest absolute Gasteiger partial charge is 0.257 e. The molecule has 2 aromatic rings. The van der Waals surface area contributed by atoms with Crippen LogP contribution in [-0.2, 0) is 4.79 Å². The fourth-order valence-electron chi connectivity index (χ4n) is 3.22. The summed E-state index contributed by atoms with van der Waals surface area (Å²) < 4.78 is 11.0. The lowest BCUT2D eigenvalue weighted by atomic mass is 10.1. The molecule has 2 aromatic heterocycles. The number of hydrogen-bond acceptors (Lipinski definition) is 5. The van der Waals surface area contributed by atoms with Crippen molar-refractivity contribution < 1.29 is 13.6 Å². The van der Waals surface area contributed by atoms with E-state index in [4.69, 9.17) is 8.83 Å². The Labute approximate surface area is 148 Å². The molecule has 0 saturated carbocycles. The zero-order chi connectivity index (χ0) is 18.0. The lowest BCUT2D eigenvalue weighted by Crippen LogP contribution is -2.44. The number of hydrogen-bond donors (Lipinski definition) is 0. The first kappa shape index (κ1) is 17.5. The molecule has 6 nitrogen and oxygen atoms in total. The molecule has 1 amide bonds. The summed E-state index contributed by atoms with van der Waals surface area (Å²) in [5, 5.41) is 6.11. The van der Waals surface area contributed by atoms with Crippen molar-refractivity contribution in [3.63, 3.8) is 0 Å². The number of hydrazone groups is 1. The number of nitrogens with zero attached hydrogens (tertiary/aromatic N) is 3. The summed E-state index contributed by atoms with van der Waals surface area (Å²) in [6.07, 6.45) is 3.82. The quantitative estimate of drug-likeness (QED) is 0.803. The second-order valence-corrected chi connectivity index (χ2v) is 6.86. The molecular weight excluding hydrogens is 318 g/mol. The van der Waals surface area contributed by atoms with Gasteiger partial charge >= 0.3 is 0 Å². The maximum absolute atomic E-state index is 13.0. The lowest BCUT2D eigenvalue weighted by Gasteiger charge is -2.31. The number of rotatable bonds is 6. The van der Waals surface area contributed by atoms with Gasteiger partial charge in [0.1, 0.15) is 23.3 Å². The van der Waals surface area contributed by atoms with Crippen LogP contribution in [0.4, 0.5) is 0 Å². The van der Waals surface area contributed by atoms with E-state index in [1.54, 1.807) is 17.5 Å². The van der Waals surface area contributed by atoms with E-state index in [-0.39, 0.29) is 24.0 Å². The highest BCUT2D eigenvalue weighted by Crippen LogP contribution is 2.33. The average Bonchev–Trinajstić information content (AvgIpc) is 3.31. The summed E-state index contributed by atoms with van der Waals surface area (Å²) >= 11 is 0. The van der Waals surface area contributed by atoms with Crippen LogP contribution in [-0.4, -0.2) is 40.2 Å². The molecule has 25 heavy (non-hydrogen) atoms. The molecule has 6 heteroatoms. The van der Waals surface area contributed by atoms with E-state index in [0.29, 0.717) is 18.7 Å². The van der Waals surface area contributed by atoms with E-state index >= 15 is 0 Å². The van der Waals surface area contributed by atoms with Gasteiger partial charge in [0, 0.05) is 18.5 Å². The highest BCUT2D eigenvalue weighted by molar-refractivity contribution is 6.01. The molecule has 0 spiro atoms. The van der Waals surface area contributed by atoms with E-state index in [1.807, 2.05) is 24.3 Å². The van der Waals surface area contributed by atoms with Gasteiger partial charge in [0.25, 0.3) is 5.91 Å². The predicted octanol–water partition coefficient (Wildman–Crippen LogP) is 3.67. The number of carbonyl (C=O) groups excluding carboxylic acids is 1. The number of carbonyl (C=O) groups is 1. The molecule has 0 unspecified atom stereocenters. The first-order chi connectivity index (χ1) is 12.0. The first-order valence-electron chi connectivity index (χ1n) is 8.70. The molecule has 0 aromatic carbocycles. The third-order valence-corrected chi connectivity index (χ3v) is 4.49. The summed E-state index contributed by atoms with van der Waals surface area (Å²) in [5.41, 5.74) is 0.764. The maximum atomic E-state index is 13.0. The van der Waals surface area contributed by atoms with Crippen LogP contribution in [0, 0.1) is 0 Å². The van der Waals surface area contributed by atoms with Crippen molar-refractivity contribution in [1.82, 2.24) is 9.91 Å². The van der Waals surface area contributed by atoms with Crippen molar-refractivity contribution in [3.8, 4) is 0 Å². The minimum Gasteiger partial charge on any atom is -0.467 e. The van der Waals surface area contributed by atoms with E-state index in [9.17, 15) is 4.79 Å². The summed E-state index contributed by atoms with van der Waals surface area (Å²) in [6.45, 7) is 8.71. The van der Waals surface area contributed by atoms with Crippen LogP contribution < -0.4 is 0 Å². The van der Waals surface area contributed by atoms with Crippen LogP contribution >= 0.6 is 0 Å². The number of amides is 1. The van der Waals surface area contributed by atoms with Crippen LogP contribution in [0.5, 0.6) is 0 Å². The van der Waals surface area contributed by atoms with E-state index in [0.717, 1.165) is 11.5 Å². The van der Waals surface area contributed by atoms with Crippen molar-refractivity contribution in [2.75, 3.05) is 6.54 Å². The normalized spacial score (nSPS) is 17.8. The van der Waals surface area contributed by atoms with Gasteiger partial charge in [-0.15, -0.1) is 0 Å². The Hall–Kier alpha value is -2.34. The highest BCUT2D eigenvalue weighted by atomic mass is 16.3. The van der Waals surface area contributed by atoms with Gasteiger partial charge in [-0.1, -0.05) is 0 Å². The van der Waals surface area contributed by atoms with Gasteiger partial charge in [-0.3, -0.25) is 9.69 Å². The molecule has 0 radical (unpaired) electrons. The predicted molar refractivity (Wildman–Crippen MR) is 95.1 cm³/mol. The molecule has 0 N–H and O–H groups in total. The molecule has 1 atom stereocenters. The second-order valence-electron chi connectivity index (χ2n) is 6.86. The van der Waals surface area contributed by atoms with Crippen LogP contribution in [0.15, 0.2) is 50.7 Å². The number of furan rings is 2. The fraction of sp³-hybridized carbons (Fsp3) is 0.474. The highest BCUT2D eigenvalue weighted by Gasteiger charge is 2.36. The molecule has 3 heterocycles. The van der Waals surface area contributed by atoms with E-state index in [1.165, 1.54) is 0 Å². The van der Waals surface area contributed by atoms with Crippen molar-refractivity contribution in [2.24, 2.45) is 5.10 Å². The van der Waals surface area contributed by atoms with Crippen LogP contribution in [0.2, 0.25) is 0 Å². The Bertz CT molecular complexity index is 709. The largest absolute Gasteiger partial charge is 0.467 e. The van der Waals surface area contributed by atoms with Gasteiger partial charge in [-0.05, 0) is 52.0 Å². The Morgan fingerprint density at radius 2 is 1.88 bits per heavy atom. The van der Waals surface area contributed by atoms with Crippen molar-refractivity contribution >= 4 is 11.6 Å². The maximum Gasteiger partial charge on any atom is 0.257 e. The van der Waals surface area contributed by atoms with Gasteiger partial charge in [-0.25, -0.2) is 5.01 Å². The Morgan fingerprint density at radius 3 is 2.44 bits per heavy atom. The Morgan fingerprint density at radius 1 is 1.20 bits per heavy atom. The molecule has 134 valence electrons. The Kier molecular flexibility index (Phi) is 5.08. The zero-order valence-electron chi connectivity index (χ0n) is 15.2. The summed E-state index contributed by atoms with van der Waals surface area (Å²) in [6, 6.07) is 7.73. The molecule has 0 fully saturated rings. The van der Waals surface area contributed by atoms with Gasteiger partial charge < -0.3 is 8.83 Å². The summed E-state index contributed by atoms with van der Waals surface area (Å²) in [5.74, 6) is 1.39. The third-order valence-electron chi connectivity index (χ3n) is 4.49. The van der Waals surface area contributed by atoms with Crippen LogP contribution in [0.3, 0.4) is 0 Å². The monoisotopic (exact) mass is 343 g/mol. The third kappa shape index (κ3) is 3.69. The molecule has 1 aliphatic rings. The van der Waals surface area contributed by atoms with E-state index < -0.39 is 0 Å². The van der Waals surface area contributed by atoms with Crippen LogP contribution in [0.25, 0.3) is 0 Å².